The number of nitrogens with zero attached hydrogens (tertiary/aromatic N) is 2. The van der Waals surface area contributed by atoms with Gasteiger partial charge in [0, 0.05) is 43.4 Å². The van der Waals surface area contributed by atoms with Crippen LogP contribution in [-0.4, -0.2) is 33.6 Å². The first-order valence-corrected chi connectivity index (χ1v) is 8.04. The van der Waals surface area contributed by atoms with Crippen LogP contribution in [-0.2, 0) is 19.5 Å². The van der Waals surface area contributed by atoms with Gasteiger partial charge in [0.25, 0.3) is 5.91 Å². The van der Waals surface area contributed by atoms with Crippen LogP contribution in [0.15, 0.2) is 24.3 Å². The second-order valence-corrected chi connectivity index (χ2v) is 6.25. The van der Waals surface area contributed by atoms with Gasteiger partial charge in [-0.15, -0.1) is 12.4 Å². The minimum Gasteiger partial charge on any atom is -0.330 e. The van der Waals surface area contributed by atoms with E-state index in [4.69, 9.17) is 0 Å². The van der Waals surface area contributed by atoms with Gasteiger partial charge in [-0.3, -0.25) is 9.89 Å². The van der Waals surface area contributed by atoms with Crippen LogP contribution in [0.1, 0.15) is 40.2 Å². The second kappa shape index (κ2) is 6.91. The number of aromatic nitrogens is 2. The first-order valence-electron chi connectivity index (χ1n) is 8.04. The molecule has 2 aromatic rings. The molecule has 2 aliphatic rings. The molecule has 1 saturated carbocycles. The van der Waals surface area contributed by atoms with E-state index in [1.165, 1.54) is 12.1 Å². The zero-order chi connectivity index (χ0) is 15.8. The molecule has 1 fully saturated rings. The van der Waals surface area contributed by atoms with Gasteiger partial charge < -0.3 is 10.2 Å². The quantitative estimate of drug-likeness (QED) is 0.890. The average molecular weight is 351 g/mol. The van der Waals surface area contributed by atoms with E-state index < -0.39 is 0 Å². The Morgan fingerprint density at radius 1 is 1.38 bits per heavy atom. The van der Waals surface area contributed by atoms with E-state index in [-0.39, 0.29) is 30.2 Å². The number of H-pyrrole nitrogens is 1. The maximum atomic E-state index is 13.4. The number of halogens is 2. The molecule has 1 aromatic heterocycles. The zero-order valence-corrected chi connectivity index (χ0v) is 14.0. The summed E-state index contributed by atoms with van der Waals surface area (Å²) in [6.07, 6.45) is 2.88. The lowest BCUT2D eigenvalue weighted by Gasteiger charge is -2.23. The van der Waals surface area contributed by atoms with Gasteiger partial charge >= 0.3 is 0 Å². The predicted octanol–water partition coefficient (Wildman–Crippen LogP) is 2.42. The summed E-state index contributed by atoms with van der Waals surface area (Å²) in [6, 6.07) is 6.69. The van der Waals surface area contributed by atoms with Gasteiger partial charge in [-0.2, -0.15) is 5.10 Å². The maximum Gasteiger partial charge on any atom is 0.275 e. The number of aromatic amines is 1. The highest BCUT2D eigenvalue weighted by Gasteiger charge is 2.35. The number of amides is 1. The standard InChI is InChI=1S/C17H19FN4O.ClH/c18-12-3-1-2-11(8-12)10-22(13-4-5-13)17(23)16-14-9-19-7-6-15(14)20-21-16;/h1-3,8,13,19H,4-7,9-10H2,(H,20,21);1H. The van der Waals surface area contributed by atoms with Crippen molar-refractivity contribution in [3.05, 3.63) is 52.6 Å². The van der Waals surface area contributed by atoms with Gasteiger partial charge in [0.1, 0.15) is 5.82 Å². The molecule has 1 amide bonds. The highest BCUT2D eigenvalue weighted by Crippen LogP contribution is 2.30. The van der Waals surface area contributed by atoms with Crippen LogP contribution < -0.4 is 5.32 Å². The number of hydrogen-bond donors (Lipinski definition) is 2. The lowest BCUT2D eigenvalue weighted by molar-refractivity contribution is 0.0722. The van der Waals surface area contributed by atoms with Crippen LogP contribution in [0.2, 0.25) is 0 Å². The number of rotatable bonds is 4. The number of carbonyl (C=O) groups is 1. The molecule has 0 unspecified atom stereocenters. The van der Waals surface area contributed by atoms with E-state index >= 15 is 0 Å². The molecule has 1 aliphatic heterocycles. The molecule has 7 heteroatoms. The number of carbonyl (C=O) groups excluding carboxylic acids is 1. The van der Waals surface area contributed by atoms with Crippen molar-refractivity contribution in [2.45, 2.75) is 38.4 Å². The van der Waals surface area contributed by atoms with Crippen LogP contribution in [0, 0.1) is 5.82 Å². The summed E-state index contributed by atoms with van der Waals surface area (Å²) in [5.41, 5.74) is 3.35. The highest BCUT2D eigenvalue weighted by atomic mass is 35.5. The molecule has 2 heterocycles. The predicted molar refractivity (Wildman–Crippen MR) is 90.5 cm³/mol. The van der Waals surface area contributed by atoms with E-state index in [0.29, 0.717) is 18.8 Å². The molecule has 0 atom stereocenters. The fourth-order valence-electron chi connectivity index (χ4n) is 3.12. The van der Waals surface area contributed by atoms with Crippen molar-refractivity contribution in [1.29, 1.82) is 0 Å². The Balaban J connectivity index is 0.00000169. The lowest BCUT2D eigenvalue weighted by atomic mass is 10.1. The fourth-order valence-corrected chi connectivity index (χ4v) is 3.12. The molecule has 2 N–H and O–H groups in total. The molecule has 128 valence electrons. The van der Waals surface area contributed by atoms with Crippen molar-refractivity contribution in [3.63, 3.8) is 0 Å². The van der Waals surface area contributed by atoms with Crippen molar-refractivity contribution >= 4 is 18.3 Å². The monoisotopic (exact) mass is 350 g/mol. The lowest BCUT2D eigenvalue weighted by Crippen LogP contribution is -2.34. The van der Waals surface area contributed by atoms with Gasteiger partial charge in [0.05, 0.1) is 0 Å². The molecular formula is C17H20ClFN4O. The molecule has 1 aromatic carbocycles. The molecule has 0 bridgehead atoms. The summed E-state index contributed by atoms with van der Waals surface area (Å²) in [6.45, 7) is 2.00. The Labute approximate surface area is 146 Å². The summed E-state index contributed by atoms with van der Waals surface area (Å²) in [7, 11) is 0. The van der Waals surface area contributed by atoms with Crippen molar-refractivity contribution in [1.82, 2.24) is 20.4 Å². The number of fused-ring (bicyclic) bond motifs is 1. The first kappa shape index (κ1) is 16.9. The Bertz CT molecular complexity index is 744. The third-order valence-electron chi connectivity index (χ3n) is 4.50. The fraction of sp³-hybridized carbons (Fsp3) is 0.412. The molecular weight excluding hydrogens is 331 g/mol. The number of hydrogen-bond acceptors (Lipinski definition) is 3. The van der Waals surface area contributed by atoms with E-state index in [0.717, 1.165) is 42.6 Å². The Morgan fingerprint density at radius 2 is 2.21 bits per heavy atom. The maximum absolute atomic E-state index is 13.4. The second-order valence-electron chi connectivity index (χ2n) is 6.25. The number of benzene rings is 1. The van der Waals surface area contributed by atoms with Gasteiger partial charge in [-0.25, -0.2) is 4.39 Å². The topological polar surface area (TPSA) is 61.0 Å². The molecule has 0 saturated heterocycles. The van der Waals surface area contributed by atoms with Crippen LogP contribution in [0.25, 0.3) is 0 Å². The summed E-state index contributed by atoms with van der Waals surface area (Å²) in [4.78, 5) is 14.8. The van der Waals surface area contributed by atoms with Crippen LogP contribution in [0.4, 0.5) is 4.39 Å². The average Bonchev–Trinajstić information content (AvgIpc) is 3.31. The van der Waals surface area contributed by atoms with Gasteiger partial charge in [0.2, 0.25) is 0 Å². The molecule has 24 heavy (non-hydrogen) atoms. The third-order valence-corrected chi connectivity index (χ3v) is 4.50. The van der Waals surface area contributed by atoms with Crippen LogP contribution >= 0.6 is 12.4 Å². The van der Waals surface area contributed by atoms with Crippen molar-refractivity contribution in [2.24, 2.45) is 0 Å². The Hall–Kier alpha value is -1.92. The summed E-state index contributed by atoms with van der Waals surface area (Å²) < 4.78 is 13.4. The van der Waals surface area contributed by atoms with Crippen LogP contribution in [0.3, 0.4) is 0 Å². The highest BCUT2D eigenvalue weighted by molar-refractivity contribution is 5.94. The molecule has 1 aliphatic carbocycles. The molecule has 0 spiro atoms. The van der Waals surface area contributed by atoms with Crippen LogP contribution in [0.5, 0.6) is 0 Å². The summed E-state index contributed by atoms with van der Waals surface area (Å²) >= 11 is 0. The van der Waals surface area contributed by atoms with Gasteiger partial charge in [0.15, 0.2) is 5.69 Å². The molecule has 0 radical (unpaired) electrons. The molecule has 4 rings (SSSR count). The minimum absolute atomic E-state index is 0. The Kier molecular flexibility index (Phi) is 4.87. The zero-order valence-electron chi connectivity index (χ0n) is 13.2. The summed E-state index contributed by atoms with van der Waals surface area (Å²) in [5, 5.41) is 10.5. The normalized spacial score (nSPS) is 16.2. The van der Waals surface area contributed by atoms with Gasteiger partial charge in [-0.05, 0) is 30.5 Å². The van der Waals surface area contributed by atoms with Crippen molar-refractivity contribution in [2.75, 3.05) is 6.54 Å². The number of nitrogens with one attached hydrogen (secondary N) is 2. The van der Waals surface area contributed by atoms with E-state index in [9.17, 15) is 9.18 Å². The molecule has 5 nitrogen and oxygen atoms in total. The smallest absolute Gasteiger partial charge is 0.275 e. The summed E-state index contributed by atoms with van der Waals surface area (Å²) in [5.74, 6) is -0.329. The largest absolute Gasteiger partial charge is 0.330 e. The van der Waals surface area contributed by atoms with Gasteiger partial charge in [-0.1, -0.05) is 12.1 Å². The minimum atomic E-state index is -0.271. The SMILES string of the molecule is Cl.O=C(c1n[nH]c2c1CNCC2)N(Cc1cccc(F)c1)C1CC1. The van der Waals surface area contributed by atoms with E-state index in [2.05, 4.69) is 15.5 Å². The van der Waals surface area contributed by atoms with Crippen molar-refractivity contribution < 1.29 is 9.18 Å². The van der Waals surface area contributed by atoms with Crippen molar-refractivity contribution in [3.8, 4) is 0 Å². The third kappa shape index (κ3) is 3.30. The van der Waals surface area contributed by atoms with E-state index in [1.54, 1.807) is 6.07 Å². The van der Waals surface area contributed by atoms with E-state index in [1.807, 2.05) is 11.0 Å². The Morgan fingerprint density at radius 3 is 2.96 bits per heavy atom. The first-order chi connectivity index (χ1) is 11.2.